The standard InChI is InChI=1S/C22H33NO2.C14H25BIO2P.C14H20BIO2P.2C11H16.2C10H12.C9H11Cl.C6H12Cl2.C6H14Si.C4H6Br2O.C3H3N.4CH4.2B.Bi.BrH.H2.H/c1-17(14-23)13-21(4,5)19(24)25-16-20(2,3)15-22(6,7)18-11-9-8-10-12-18;1-13(2,3)12(17)18-11-7-10-15-14(19(15)16)8-5-4-6-9-14;1-14(2,3)13(17)18-11-7-10-15-19(16)12-8-5-4-6-9-12;2*1-2-3-5-8-11-9-6-4-7-10-11;2*1-2-3-7-10-8-5-4-6-9-10;1-9(2,10)8-6-4-3-5-7-8;1-5(2,7)6(3,4)8;1-5-6-7(2,3)4;1-4(2,6)3(5)7;1-2-3-4;;;;;;;;;;/h8-12,17H,13,15-16H2,1-7H3;4-11H2,1-3H3;4-6,8-9H,7,10-11H2,1-3H3;2*4,6-7,9-10H,2-3,5,8H2,1H3;2*2,4-6,8-9H,1,3,7H2;3-7H,1-2H3;1-4H3;5H,1,6H2,2-4H3;1-2H3;2H,1H2;4*1H4;;;;2*1H;/p-1. The van der Waals surface area contributed by atoms with Crippen LogP contribution in [0.2, 0.25) is 38.3 Å². The summed E-state index contributed by atoms with van der Waals surface area (Å²) in [5.41, 5.74) is 6.66. The third kappa shape index (κ3) is 88.1. The monoisotopic (exact) mass is 2770 g/mol. The quantitative estimate of drug-likeness (QED) is 0.00355. The molecule has 3 unspecified atom stereocenters. The molecule has 25 heteroatoms. The largest absolute Gasteiger partial charge is 1.00 e. The molecule has 1 saturated heterocycles. The van der Waals surface area contributed by atoms with Crippen LogP contribution in [0.5, 0.6) is 0 Å². The predicted molar refractivity (Wildman–Crippen MR) is 700 cm³/mol. The summed E-state index contributed by atoms with van der Waals surface area (Å²) >= 11 is 29.0. The van der Waals surface area contributed by atoms with Gasteiger partial charge in [0.05, 0.1) is 67.2 Å². The van der Waals surface area contributed by atoms with Crippen molar-refractivity contribution in [2.45, 2.75) is 392 Å². The van der Waals surface area contributed by atoms with Crippen molar-refractivity contribution in [3.63, 3.8) is 0 Å². The Morgan fingerprint density at radius 2 is 0.859 bits per heavy atom. The number of hydrogen-bond acceptors (Lipinski definition) is 9. The van der Waals surface area contributed by atoms with E-state index in [1.807, 2.05) is 177 Å². The van der Waals surface area contributed by atoms with Crippen LogP contribution in [-0.4, -0.2) is 126 Å². The van der Waals surface area contributed by atoms with Crippen LogP contribution in [0.15, 0.2) is 263 Å². The molecular formula is C124H199B4BiBr3Cl3I2N2O7P2Si-. The van der Waals surface area contributed by atoms with Gasteiger partial charge in [-0.3, -0.25) is 19.2 Å². The molecule has 3 atom stereocenters. The number of nitrogens with zero attached hydrogens (tertiary/aromatic N) is 2. The molecule has 1 saturated carbocycles. The van der Waals surface area contributed by atoms with E-state index in [0.717, 1.165) is 68.3 Å². The Bertz CT molecular complexity index is 4450. The van der Waals surface area contributed by atoms with Crippen molar-refractivity contribution < 1.29 is 51.8 Å². The molecule has 9 rings (SSSR count). The number of rotatable bonds is 37. The first kappa shape index (κ1) is 168. The number of alkyl halides is 4. The number of aryl methyl sites for hydroxylation is 4. The van der Waals surface area contributed by atoms with Gasteiger partial charge in [-0.1, -0.05) is 457 Å². The molecule has 7 aromatic carbocycles. The first-order valence-corrected chi connectivity index (χ1v) is 65.3. The second-order valence-electron chi connectivity index (χ2n) is 43.1. The van der Waals surface area contributed by atoms with Crippen molar-refractivity contribution in [1.82, 2.24) is 0 Å². The minimum Gasteiger partial charge on any atom is -1.00 e. The Balaban J connectivity index is -0.000000141. The predicted octanol–water partition coefficient (Wildman–Crippen LogP) is 37.0. The number of nitriles is 2. The van der Waals surface area contributed by atoms with Gasteiger partial charge in [-0.05, 0) is 284 Å². The molecule has 1 aliphatic heterocycles. The summed E-state index contributed by atoms with van der Waals surface area (Å²) < 4.78 is 15.8. The maximum Gasteiger partial charge on any atom is 0 e. The Labute approximate surface area is 1010 Å². The Morgan fingerprint density at radius 1 is 0.530 bits per heavy atom. The van der Waals surface area contributed by atoms with Gasteiger partial charge in [0.25, 0.3) is 0 Å². The SMILES string of the molecule is C.C.C.C.C=CC#N.C=CCCc1ccccc1.C=CCCc1ccccc1.C=CC[Si](C)(C)C.CC(C#N)CC(C)(C)C(=O)OCC(C)(C)CC(C)(C)c1ccccc1.CC(C)(Br)C(=O)Br.CC(C)(C)C(=O)OCCCB1P(I)C12CCCCC2.CC(C)(C)C(=O)OCCC[B]P(I)c1ccccc1.CC(C)(Cl)C(C)(C)Cl.CC(C)(Cl)c1ccccc1.CCCCCc1ccccc1.CCCCCc1ccccc1.[B].[B].[BiH].[Br-].[HH]. The van der Waals surface area contributed by atoms with E-state index >= 15 is 0 Å². The molecule has 2 fully saturated rings. The first-order valence-electron chi connectivity index (χ1n) is 50.4. The van der Waals surface area contributed by atoms with E-state index < -0.39 is 23.2 Å². The first-order chi connectivity index (χ1) is 65.7. The summed E-state index contributed by atoms with van der Waals surface area (Å²) in [6.45, 7) is 70.3. The van der Waals surface area contributed by atoms with Crippen molar-refractivity contribution in [1.29, 1.82) is 10.5 Å². The third-order valence-corrected chi connectivity index (χ3v) is 39.0. The third-order valence-electron chi connectivity index (χ3n) is 22.6. The number of carbonyl (C=O) groups excluding carboxylic acids is 4. The van der Waals surface area contributed by atoms with Crippen molar-refractivity contribution >= 4 is 214 Å². The second kappa shape index (κ2) is 92.4. The summed E-state index contributed by atoms with van der Waals surface area (Å²) in [6.07, 6.45) is 35.8. The average molecular weight is 2770 g/mol. The average Bonchev–Trinajstić information content (AvgIpc) is 1.56. The zero-order valence-corrected chi connectivity index (χ0v) is 112. The van der Waals surface area contributed by atoms with Crippen LogP contribution in [0.4, 0.5) is 0 Å². The number of carbonyl (C=O) groups is 4. The molecule has 7 aromatic rings. The minimum absolute atomic E-state index is 0. The van der Waals surface area contributed by atoms with E-state index in [1.54, 1.807) is 19.9 Å². The number of unbranched alkanes of at least 4 members (excludes halogenated alkanes) is 4. The fourth-order valence-corrected chi connectivity index (χ4v) is 25.1. The number of benzene rings is 7. The van der Waals surface area contributed by atoms with Gasteiger partial charge in [-0.2, -0.15) is 10.5 Å². The van der Waals surface area contributed by atoms with E-state index in [4.69, 9.17) is 59.5 Å². The molecular weight excluding hydrogens is 2570 g/mol. The maximum absolute atomic E-state index is 12.5. The minimum atomic E-state index is -0.775. The Hall–Kier alpha value is -3.45. The van der Waals surface area contributed by atoms with Gasteiger partial charge in [0.1, 0.15) is 0 Å². The molecule has 9 radical (unpaired) electrons. The number of halogens is 8. The molecule has 0 amide bonds. The van der Waals surface area contributed by atoms with E-state index in [-0.39, 0.29) is 161 Å². The zero-order chi connectivity index (χ0) is 108. The van der Waals surface area contributed by atoms with Crippen LogP contribution in [0, 0.1) is 50.2 Å². The zero-order valence-electron chi connectivity index (χ0n) is 93.5. The number of ether oxygens (including phenoxy) is 3. The van der Waals surface area contributed by atoms with Crippen LogP contribution >= 0.6 is 122 Å². The van der Waals surface area contributed by atoms with Crippen LogP contribution < -0.4 is 22.3 Å². The Kier molecular flexibility index (Phi) is 104. The maximum atomic E-state index is 12.5. The molecule has 0 N–H and O–H groups in total. The van der Waals surface area contributed by atoms with Crippen molar-refractivity contribution in [3.8, 4) is 12.1 Å². The van der Waals surface area contributed by atoms with Gasteiger partial charge in [0.15, 0.2) is 13.4 Å². The smallest absolute Gasteiger partial charge is 0 e. The fourth-order valence-electron chi connectivity index (χ4n) is 13.6. The van der Waals surface area contributed by atoms with Gasteiger partial charge >= 0.3 is 44.1 Å². The second-order valence-corrected chi connectivity index (χ2v) is 64.0. The van der Waals surface area contributed by atoms with Gasteiger partial charge < -0.3 is 31.2 Å². The molecule has 835 valence electrons. The fraction of sp³-hybridized carbons (Fsp3) is 0.548. The number of esters is 3. The molecule has 0 aromatic heterocycles. The van der Waals surface area contributed by atoms with Crippen LogP contribution in [0.1, 0.15) is 333 Å². The summed E-state index contributed by atoms with van der Waals surface area (Å²) in [5.74, 6) is -0.563. The molecule has 9 nitrogen and oxygen atoms in total. The molecule has 149 heavy (non-hydrogen) atoms. The van der Waals surface area contributed by atoms with Crippen molar-refractivity contribution in [3.05, 3.63) is 296 Å². The van der Waals surface area contributed by atoms with Crippen LogP contribution in [-0.2, 0) is 69.4 Å². The van der Waals surface area contributed by atoms with Crippen LogP contribution in [0.25, 0.3) is 0 Å². The summed E-state index contributed by atoms with van der Waals surface area (Å²) in [7, 11) is -0.775. The molecule has 0 bridgehead atoms. The number of hydrogen-bond donors (Lipinski definition) is 0. The topological polar surface area (TPSA) is 144 Å². The number of allylic oxidation sites excluding steroid dienone is 4. The van der Waals surface area contributed by atoms with Gasteiger partial charge in [0.2, 0.25) is 4.69 Å². The van der Waals surface area contributed by atoms with E-state index in [1.165, 1.54) is 135 Å². The van der Waals surface area contributed by atoms with E-state index in [2.05, 4.69) is 334 Å². The van der Waals surface area contributed by atoms with Gasteiger partial charge in [-0.15, -0.1) is 54.5 Å². The van der Waals surface area contributed by atoms with Gasteiger partial charge in [-0.25, -0.2) is 0 Å². The van der Waals surface area contributed by atoms with Crippen LogP contribution in [0.3, 0.4) is 0 Å². The van der Waals surface area contributed by atoms with E-state index in [9.17, 15) is 19.2 Å². The summed E-state index contributed by atoms with van der Waals surface area (Å²) in [4.78, 5) is 45.1. The normalized spacial score (nSPS) is 12.6. The van der Waals surface area contributed by atoms with Crippen molar-refractivity contribution in [2.75, 3.05) is 19.8 Å². The molecule has 1 heterocycles. The molecule has 2 aliphatic rings. The van der Waals surface area contributed by atoms with Gasteiger partial charge in [0, 0.05) is 38.3 Å². The molecule has 1 aliphatic carbocycles. The molecule has 1 spiro atoms. The van der Waals surface area contributed by atoms with E-state index in [0.29, 0.717) is 26.2 Å². The Morgan fingerprint density at radius 3 is 1.14 bits per heavy atom. The summed E-state index contributed by atoms with van der Waals surface area (Å²) in [6, 6.07) is 78.5. The van der Waals surface area contributed by atoms with Crippen molar-refractivity contribution in [2.24, 2.45) is 27.6 Å². The summed E-state index contributed by atoms with van der Waals surface area (Å²) in [5, 5.41) is 18.6.